The van der Waals surface area contributed by atoms with Gasteiger partial charge in [0.1, 0.15) is 0 Å². The molecule has 0 bridgehead atoms. The maximum Gasteiger partial charge on any atom is 2.00 e. The van der Waals surface area contributed by atoms with E-state index in [4.69, 9.17) is 0 Å². The smallest absolute Gasteiger partial charge is 1.00 e. The van der Waals surface area contributed by atoms with Gasteiger partial charge in [0.05, 0.1) is 0 Å². The third kappa shape index (κ3) is 8.00. The van der Waals surface area contributed by atoms with Gasteiger partial charge in [-0.3, -0.25) is 0 Å². The zero-order chi connectivity index (χ0) is 16.7. The van der Waals surface area contributed by atoms with Gasteiger partial charge in [-0.15, -0.1) is 0 Å². The van der Waals surface area contributed by atoms with E-state index < -0.39 is 9.84 Å². The number of aryl methyl sites for hydroxylation is 2. The molecule has 2 aromatic heterocycles. The van der Waals surface area contributed by atoms with Gasteiger partial charge in [0, 0.05) is 0 Å². The van der Waals surface area contributed by atoms with Crippen molar-refractivity contribution in [1.29, 1.82) is 0 Å². The molecule has 0 saturated carbocycles. The summed E-state index contributed by atoms with van der Waals surface area (Å²) in [6, 6.07) is 18.3. The van der Waals surface area contributed by atoms with Crippen LogP contribution in [0.15, 0.2) is 82.3 Å². The molecule has 0 aliphatic rings. The van der Waals surface area contributed by atoms with Crippen molar-refractivity contribution in [3.8, 4) is 0 Å². The summed E-state index contributed by atoms with van der Waals surface area (Å²) >= 11 is 0. The van der Waals surface area contributed by atoms with Crippen molar-refractivity contribution in [2.75, 3.05) is 0 Å². The molecule has 0 unspecified atom stereocenters. The van der Waals surface area contributed by atoms with Crippen LogP contribution in [0.3, 0.4) is 0 Å². The fourth-order valence-corrected chi connectivity index (χ4v) is 3.64. The van der Waals surface area contributed by atoms with Crippen LogP contribution in [-0.2, 0) is 36.0 Å². The Morgan fingerprint density at radius 2 is 1.31 bits per heavy atom. The molecule has 0 aliphatic carbocycles. The Morgan fingerprint density at radius 3 is 1.77 bits per heavy atom. The second-order valence-electron chi connectivity index (χ2n) is 5.24. The van der Waals surface area contributed by atoms with Crippen LogP contribution in [0.5, 0.6) is 0 Å². The standard InChI is InChI=1S/C12H11BO2S.C6H7B.2ClH.Zr/c1-10-6-5-9-13-12(10)16(14,15)11-7-3-2-4-8-11;1-6-4-2-3-5-7-6;;;/h2-9H,1H3;2-5H,1H3;2*1H;/q;;;;+2/p-2. The van der Waals surface area contributed by atoms with E-state index >= 15 is 0 Å². The van der Waals surface area contributed by atoms with Gasteiger partial charge in [-0.25, -0.2) is 0 Å². The minimum Gasteiger partial charge on any atom is -1.00 e. The number of sulfone groups is 1. The molecule has 3 rings (SSSR count). The van der Waals surface area contributed by atoms with E-state index in [0.717, 1.165) is 5.56 Å². The number of benzene rings is 1. The topological polar surface area (TPSA) is 34.1 Å². The van der Waals surface area contributed by atoms with Crippen molar-refractivity contribution in [1.82, 2.24) is 0 Å². The van der Waals surface area contributed by atoms with Crippen molar-refractivity contribution in [2.24, 2.45) is 0 Å². The Morgan fingerprint density at radius 1 is 0.731 bits per heavy atom. The monoisotopic (exact) mass is 480 g/mol. The first-order valence-electron chi connectivity index (χ1n) is 7.39. The van der Waals surface area contributed by atoms with Gasteiger partial charge in [-0.2, -0.15) is 0 Å². The summed E-state index contributed by atoms with van der Waals surface area (Å²) in [6.07, 6.45) is 0. The Labute approximate surface area is 189 Å². The number of rotatable bonds is 2. The normalized spacial score (nSPS) is 9.00. The maximum absolute atomic E-state index is 12.3. The summed E-state index contributed by atoms with van der Waals surface area (Å²) in [7, 11) is -3.37. The van der Waals surface area contributed by atoms with Gasteiger partial charge in [-0.1, -0.05) is 0 Å². The summed E-state index contributed by atoms with van der Waals surface area (Å²) in [4.78, 5) is 0.713. The van der Waals surface area contributed by atoms with E-state index in [-0.39, 0.29) is 51.0 Å². The summed E-state index contributed by atoms with van der Waals surface area (Å²) < 4.78 is 24.5. The van der Waals surface area contributed by atoms with Crippen LogP contribution in [0.4, 0.5) is 0 Å². The summed E-state index contributed by atoms with van der Waals surface area (Å²) in [5.41, 5.74) is 2.09. The first-order chi connectivity index (χ1) is 11.0. The zero-order valence-corrected chi connectivity index (χ0v) is 19.3. The summed E-state index contributed by atoms with van der Waals surface area (Å²) in [5.74, 6) is 3.78. The fraction of sp³-hybridized carbons (Fsp3) is 0.111. The van der Waals surface area contributed by atoms with Crippen LogP contribution >= 0.6 is 0 Å². The molecule has 0 aliphatic heterocycles. The molecule has 0 atom stereocenters. The van der Waals surface area contributed by atoms with Crippen LogP contribution in [0, 0.1) is 13.8 Å². The second-order valence-corrected chi connectivity index (χ2v) is 7.15. The molecule has 26 heavy (non-hydrogen) atoms. The minimum atomic E-state index is -3.37. The van der Waals surface area contributed by atoms with Gasteiger partial charge in [-0.05, 0) is 0 Å². The van der Waals surface area contributed by atoms with Gasteiger partial charge in [0.2, 0.25) is 0 Å². The molecule has 2 heterocycles. The van der Waals surface area contributed by atoms with E-state index in [9.17, 15) is 8.42 Å². The van der Waals surface area contributed by atoms with Crippen LogP contribution in [0.25, 0.3) is 0 Å². The molecule has 0 amide bonds. The average Bonchev–Trinajstić information content (AvgIpc) is 2.57. The third-order valence-corrected chi connectivity index (χ3v) is 5.31. The van der Waals surface area contributed by atoms with Crippen molar-refractivity contribution < 1.29 is 59.4 Å². The van der Waals surface area contributed by atoms with Crippen molar-refractivity contribution >= 4 is 23.7 Å². The molecule has 132 valence electrons. The molecule has 0 N–H and O–H groups in total. The molecule has 0 saturated heterocycles. The molecule has 3 aromatic rings. The van der Waals surface area contributed by atoms with Gasteiger partial charge >= 0.3 is 165 Å². The molecular weight excluding hydrogens is 464 g/mol. The number of hydrogen-bond acceptors (Lipinski definition) is 2. The average molecular weight is 482 g/mol. The second kappa shape index (κ2) is 13.6. The van der Waals surface area contributed by atoms with Crippen molar-refractivity contribution in [3.63, 3.8) is 0 Å². The van der Waals surface area contributed by atoms with E-state index in [1.54, 1.807) is 56.2 Å². The Bertz CT molecular complexity index is 865. The minimum absolute atomic E-state index is 0. The summed E-state index contributed by atoms with van der Waals surface area (Å²) in [6.45, 7) is 7.60. The largest absolute Gasteiger partial charge is 2.00 e. The molecule has 0 radical (unpaired) electrons. The molecule has 1 aromatic carbocycles. The first-order valence-corrected chi connectivity index (χ1v) is 8.87. The van der Waals surface area contributed by atoms with E-state index in [1.165, 1.54) is 5.46 Å². The Hall–Kier alpha value is -0.537. The number of hydrogen-bond donors (Lipinski definition) is 0. The van der Waals surface area contributed by atoms with Gasteiger partial charge in [0.15, 0.2) is 0 Å². The van der Waals surface area contributed by atoms with Crippen LogP contribution in [0.2, 0.25) is 0 Å². The number of halogens is 2. The SMILES string of the molecule is Cc1bcccc1.Cc1cccbc1S(=O)(=O)c1ccccc1.[Cl-].[Cl-].[Zr+2]. The third-order valence-electron chi connectivity index (χ3n) is 3.38. The van der Waals surface area contributed by atoms with Gasteiger partial charge in [0.25, 0.3) is 0 Å². The van der Waals surface area contributed by atoms with Crippen molar-refractivity contribution in [3.05, 3.63) is 83.6 Å². The van der Waals surface area contributed by atoms with Crippen molar-refractivity contribution in [2.45, 2.75) is 23.5 Å². The summed E-state index contributed by atoms with van der Waals surface area (Å²) in [5, 5.41) is 0. The zero-order valence-electron chi connectivity index (χ0n) is 14.6. The fourth-order valence-electron chi connectivity index (χ4n) is 2.12. The van der Waals surface area contributed by atoms with Crippen LogP contribution in [0.1, 0.15) is 11.0 Å². The van der Waals surface area contributed by atoms with E-state index in [0.29, 0.717) is 9.69 Å². The first kappa shape index (κ1) is 27.7. The quantitative estimate of drug-likeness (QED) is 0.406. The molecule has 8 heteroatoms. The van der Waals surface area contributed by atoms with E-state index in [1.807, 2.05) is 24.2 Å². The molecule has 0 spiro atoms. The molecular formula is C18H18B2Cl2O2SZr. The Balaban J connectivity index is 0. The Kier molecular flexibility index (Phi) is 14.5. The van der Waals surface area contributed by atoms with Crippen LogP contribution < -0.4 is 24.8 Å². The van der Waals surface area contributed by atoms with Crippen LogP contribution in [-0.4, -0.2) is 22.2 Å². The van der Waals surface area contributed by atoms with E-state index in [2.05, 4.69) is 19.9 Å². The maximum atomic E-state index is 12.3. The predicted octanol–water partition coefficient (Wildman–Crippen LogP) is -2.50. The molecule has 0 fully saturated rings. The molecule has 2 nitrogen and oxygen atoms in total. The predicted molar refractivity (Wildman–Crippen MR) is 96.9 cm³/mol. The van der Waals surface area contributed by atoms with Gasteiger partial charge < -0.3 is 24.8 Å².